The van der Waals surface area contributed by atoms with E-state index in [-0.39, 0.29) is 5.69 Å². The van der Waals surface area contributed by atoms with Crippen molar-refractivity contribution in [1.82, 2.24) is 15.0 Å². The Morgan fingerprint density at radius 1 is 0.485 bits per heavy atom. The number of rotatable bonds is 5. The maximum atomic E-state index is 11.3. The van der Waals surface area contributed by atoms with Gasteiger partial charge in [-0.05, 0) is 42.5 Å². The largest absolute Gasteiger partial charge is 0.477 e. The topological polar surface area (TPSA) is 76.0 Å². The van der Waals surface area contributed by atoms with Crippen LogP contribution in [0.5, 0.6) is 0 Å². The lowest BCUT2D eigenvalue weighted by atomic mass is 10.0. The molecule has 0 aliphatic rings. The molecular weight excluding hydrogens is 410 g/mol. The molecule has 0 saturated heterocycles. The molecule has 5 rings (SSSR count). The normalized spacial score (nSPS) is 10.7. The molecule has 0 saturated carbocycles. The van der Waals surface area contributed by atoms with Crippen LogP contribution in [0, 0.1) is 0 Å². The fourth-order valence-electron chi connectivity index (χ4n) is 3.64. The fraction of sp³-hybridized carbons (Fsp3) is 0. The van der Waals surface area contributed by atoms with Crippen molar-refractivity contribution in [3.8, 4) is 45.2 Å². The average molecular weight is 429 g/mol. The number of nitrogens with zero attached hydrogens (tertiary/aromatic N) is 3. The van der Waals surface area contributed by atoms with Crippen molar-refractivity contribution in [3.05, 3.63) is 115 Å². The van der Waals surface area contributed by atoms with E-state index in [2.05, 4.69) is 4.98 Å². The predicted molar refractivity (Wildman–Crippen MR) is 129 cm³/mol. The van der Waals surface area contributed by atoms with Gasteiger partial charge in [0.05, 0.1) is 28.5 Å². The number of aromatic nitrogens is 3. The van der Waals surface area contributed by atoms with Crippen LogP contribution in [0.4, 0.5) is 0 Å². The summed E-state index contributed by atoms with van der Waals surface area (Å²) >= 11 is 0. The van der Waals surface area contributed by atoms with Crippen molar-refractivity contribution in [2.75, 3.05) is 0 Å². The van der Waals surface area contributed by atoms with Crippen LogP contribution in [0.3, 0.4) is 0 Å². The molecule has 5 aromatic rings. The van der Waals surface area contributed by atoms with Crippen LogP contribution in [0.25, 0.3) is 45.2 Å². The smallest absolute Gasteiger partial charge is 0.354 e. The van der Waals surface area contributed by atoms with Gasteiger partial charge in [0.1, 0.15) is 5.69 Å². The number of benzene rings is 2. The minimum absolute atomic E-state index is 0.0161. The summed E-state index contributed by atoms with van der Waals surface area (Å²) < 4.78 is 0. The van der Waals surface area contributed by atoms with Gasteiger partial charge in [0.25, 0.3) is 0 Å². The predicted octanol–water partition coefficient (Wildman–Crippen LogP) is 6.24. The third-order valence-electron chi connectivity index (χ3n) is 5.25. The molecule has 0 fully saturated rings. The van der Waals surface area contributed by atoms with Crippen LogP contribution in [0.1, 0.15) is 10.5 Å². The fourth-order valence-corrected chi connectivity index (χ4v) is 3.64. The van der Waals surface area contributed by atoms with Crippen LogP contribution in [-0.2, 0) is 0 Å². The maximum Gasteiger partial charge on any atom is 0.354 e. The minimum Gasteiger partial charge on any atom is -0.477 e. The summed E-state index contributed by atoms with van der Waals surface area (Å²) in [6.45, 7) is 0. The number of hydrogen-bond acceptors (Lipinski definition) is 4. The average Bonchev–Trinajstić information content (AvgIpc) is 2.89. The number of carboxylic acid groups (broad SMARTS) is 1. The van der Waals surface area contributed by atoms with E-state index in [1.807, 2.05) is 91.0 Å². The Kier molecular flexibility index (Phi) is 5.43. The molecule has 3 heterocycles. The first-order chi connectivity index (χ1) is 16.2. The van der Waals surface area contributed by atoms with E-state index < -0.39 is 5.97 Å². The van der Waals surface area contributed by atoms with E-state index >= 15 is 0 Å². The summed E-state index contributed by atoms with van der Waals surface area (Å²) in [6.07, 6.45) is 0. The van der Waals surface area contributed by atoms with E-state index in [4.69, 9.17) is 9.97 Å². The summed E-state index contributed by atoms with van der Waals surface area (Å²) in [5.41, 5.74) is 6.68. The monoisotopic (exact) mass is 429 g/mol. The zero-order chi connectivity index (χ0) is 22.6. The van der Waals surface area contributed by atoms with Gasteiger partial charge in [-0.15, -0.1) is 0 Å². The second-order valence-corrected chi connectivity index (χ2v) is 7.48. The Hall–Kier alpha value is -4.64. The van der Waals surface area contributed by atoms with Crippen molar-refractivity contribution < 1.29 is 9.90 Å². The van der Waals surface area contributed by atoms with Gasteiger partial charge in [-0.3, -0.25) is 0 Å². The Bertz CT molecular complexity index is 1450. The Balaban J connectivity index is 1.50. The summed E-state index contributed by atoms with van der Waals surface area (Å²) in [5.74, 6) is -1.05. The molecule has 0 spiro atoms. The third-order valence-corrected chi connectivity index (χ3v) is 5.25. The zero-order valence-corrected chi connectivity index (χ0v) is 17.6. The molecule has 0 aliphatic heterocycles. The number of pyridine rings is 3. The first-order valence-corrected chi connectivity index (χ1v) is 10.5. The minimum atomic E-state index is -1.05. The molecule has 0 aliphatic carbocycles. The van der Waals surface area contributed by atoms with Gasteiger partial charge in [0.2, 0.25) is 0 Å². The molecule has 0 radical (unpaired) electrons. The van der Waals surface area contributed by atoms with Crippen molar-refractivity contribution >= 4 is 5.97 Å². The molecular formula is C28H19N3O2. The lowest BCUT2D eigenvalue weighted by Crippen LogP contribution is -2.00. The van der Waals surface area contributed by atoms with Crippen LogP contribution in [0.2, 0.25) is 0 Å². The molecule has 0 amide bonds. The van der Waals surface area contributed by atoms with E-state index in [1.54, 1.807) is 12.1 Å². The van der Waals surface area contributed by atoms with Crippen LogP contribution in [-0.4, -0.2) is 26.0 Å². The number of carbonyl (C=O) groups is 1. The molecule has 5 heteroatoms. The third kappa shape index (κ3) is 4.38. The van der Waals surface area contributed by atoms with Crippen LogP contribution >= 0.6 is 0 Å². The summed E-state index contributed by atoms with van der Waals surface area (Å²) in [6, 6.07) is 34.6. The van der Waals surface area contributed by atoms with Gasteiger partial charge in [0.15, 0.2) is 0 Å². The van der Waals surface area contributed by atoms with Crippen LogP contribution in [0.15, 0.2) is 109 Å². The molecule has 33 heavy (non-hydrogen) atoms. The van der Waals surface area contributed by atoms with E-state index in [0.717, 1.165) is 39.5 Å². The Morgan fingerprint density at radius 3 is 1.55 bits per heavy atom. The van der Waals surface area contributed by atoms with Crippen molar-refractivity contribution in [2.24, 2.45) is 0 Å². The summed E-state index contributed by atoms with van der Waals surface area (Å²) in [5, 5.41) is 9.24. The van der Waals surface area contributed by atoms with Gasteiger partial charge in [-0.1, -0.05) is 66.7 Å². The molecule has 3 aromatic heterocycles. The number of hydrogen-bond donors (Lipinski definition) is 1. The highest BCUT2D eigenvalue weighted by atomic mass is 16.4. The molecule has 2 aromatic carbocycles. The number of carboxylic acids is 1. The Labute approximate surface area is 191 Å². The van der Waals surface area contributed by atoms with Gasteiger partial charge >= 0.3 is 5.97 Å². The second kappa shape index (κ2) is 8.85. The highest BCUT2D eigenvalue weighted by Gasteiger charge is 2.10. The highest BCUT2D eigenvalue weighted by molar-refractivity contribution is 5.86. The van der Waals surface area contributed by atoms with E-state index in [1.165, 1.54) is 6.07 Å². The number of aromatic carboxylic acids is 1. The lowest BCUT2D eigenvalue weighted by molar-refractivity contribution is 0.0690. The lowest BCUT2D eigenvalue weighted by Gasteiger charge is -2.08. The molecule has 0 atom stereocenters. The maximum absolute atomic E-state index is 11.3. The van der Waals surface area contributed by atoms with Crippen LogP contribution < -0.4 is 0 Å². The SMILES string of the molecule is O=C(O)c1cccc(-c2cccc(-c3cccc(-c4cccc(-c5ccccc5)n4)n3)c2)n1. The summed E-state index contributed by atoms with van der Waals surface area (Å²) in [4.78, 5) is 25.2. The standard InChI is InChI=1S/C28H19N3O2/c32-28(33)27-17-7-14-24(31-27)21-11-4-10-20(18-21)23-13-6-16-26(30-23)25-15-5-12-22(29-25)19-8-2-1-3-9-19/h1-18H,(H,32,33). The van der Waals surface area contributed by atoms with Crippen molar-refractivity contribution in [1.29, 1.82) is 0 Å². The van der Waals surface area contributed by atoms with E-state index in [9.17, 15) is 9.90 Å². The van der Waals surface area contributed by atoms with Gasteiger partial charge < -0.3 is 5.11 Å². The van der Waals surface area contributed by atoms with Gasteiger partial charge in [0, 0.05) is 16.7 Å². The first kappa shape index (κ1) is 20.3. The molecule has 5 nitrogen and oxygen atoms in total. The quantitative estimate of drug-likeness (QED) is 0.358. The summed E-state index contributed by atoms with van der Waals surface area (Å²) in [7, 11) is 0. The molecule has 1 N–H and O–H groups in total. The van der Waals surface area contributed by atoms with Gasteiger partial charge in [-0.25, -0.2) is 19.7 Å². The Morgan fingerprint density at radius 2 is 0.939 bits per heavy atom. The molecule has 0 unspecified atom stereocenters. The first-order valence-electron chi connectivity index (χ1n) is 10.5. The molecule has 0 bridgehead atoms. The zero-order valence-electron chi connectivity index (χ0n) is 17.6. The van der Waals surface area contributed by atoms with Crippen molar-refractivity contribution in [3.63, 3.8) is 0 Å². The second-order valence-electron chi connectivity index (χ2n) is 7.48. The highest BCUT2D eigenvalue weighted by Crippen LogP contribution is 2.27. The van der Waals surface area contributed by atoms with Gasteiger partial charge in [-0.2, -0.15) is 0 Å². The van der Waals surface area contributed by atoms with E-state index in [0.29, 0.717) is 5.69 Å². The van der Waals surface area contributed by atoms with Crippen molar-refractivity contribution in [2.45, 2.75) is 0 Å². The molecule has 158 valence electrons.